The predicted octanol–water partition coefficient (Wildman–Crippen LogP) is 3.52. The van der Waals surface area contributed by atoms with E-state index in [2.05, 4.69) is 9.97 Å². The third-order valence-electron chi connectivity index (χ3n) is 5.25. The summed E-state index contributed by atoms with van der Waals surface area (Å²) in [6.07, 6.45) is 2.51. The summed E-state index contributed by atoms with van der Waals surface area (Å²) in [5.41, 5.74) is 9.62. The molecule has 28 heavy (non-hydrogen) atoms. The normalized spacial score (nSPS) is 13.3. The molecule has 0 radical (unpaired) electrons. The lowest BCUT2D eigenvalue weighted by Crippen LogP contribution is -2.36. The quantitative estimate of drug-likeness (QED) is 0.636. The van der Waals surface area contributed by atoms with Crippen LogP contribution in [-0.2, 0) is 17.6 Å². The summed E-state index contributed by atoms with van der Waals surface area (Å²) < 4.78 is 0. The van der Waals surface area contributed by atoms with E-state index >= 15 is 0 Å². The van der Waals surface area contributed by atoms with Crippen LogP contribution in [-0.4, -0.2) is 22.4 Å². The zero-order chi connectivity index (χ0) is 19.1. The number of hydrogen-bond acceptors (Lipinski definition) is 5. The van der Waals surface area contributed by atoms with Crippen LogP contribution in [0.25, 0.3) is 10.2 Å². The Morgan fingerprint density at radius 1 is 1.36 bits per heavy atom. The van der Waals surface area contributed by atoms with Crippen molar-refractivity contribution in [3.63, 3.8) is 0 Å². The van der Waals surface area contributed by atoms with E-state index in [1.54, 1.807) is 0 Å². The summed E-state index contributed by atoms with van der Waals surface area (Å²) in [7, 11) is 0. The molecule has 0 saturated heterocycles. The number of carbonyl (C=O) groups is 1. The zero-order valence-corrected chi connectivity index (χ0v) is 17.5. The van der Waals surface area contributed by atoms with Crippen LogP contribution in [0, 0.1) is 13.8 Å². The predicted molar refractivity (Wildman–Crippen MR) is 117 cm³/mol. The summed E-state index contributed by atoms with van der Waals surface area (Å²) in [4.78, 5) is 36.3. The van der Waals surface area contributed by atoms with Crippen molar-refractivity contribution < 1.29 is 4.79 Å². The smallest absolute Gasteiger partial charge is 0.259 e. The summed E-state index contributed by atoms with van der Waals surface area (Å²) in [5.74, 6) is 0.592. The van der Waals surface area contributed by atoms with E-state index in [9.17, 15) is 9.59 Å². The van der Waals surface area contributed by atoms with Gasteiger partial charge in [0.2, 0.25) is 5.91 Å². The number of thiophene rings is 1. The van der Waals surface area contributed by atoms with Gasteiger partial charge in [-0.3, -0.25) is 9.59 Å². The number of aromatic amines is 1. The van der Waals surface area contributed by atoms with Gasteiger partial charge in [0.05, 0.1) is 5.39 Å². The molecule has 4 rings (SSSR count). The van der Waals surface area contributed by atoms with E-state index in [0.717, 1.165) is 45.1 Å². The fraction of sp³-hybridized carbons (Fsp3) is 0.350. The first-order valence-electron chi connectivity index (χ1n) is 9.12. The summed E-state index contributed by atoms with van der Waals surface area (Å²) in [5, 5.41) is 0.660. The highest BCUT2D eigenvalue weighted by molar-refractivity contribution is 7.18. The second kappa shape index (κ2) is 7.93. The number of carbonyl (C=O) groups excluding carboxylic acids is 1. The van der Waals surface area contributed by atoms with Crippen molar-refractivity contribution in [3.8, 4) is 0 Å². The molecular formula is C20H23ClN4O2S. The summed E-state index contributed by atoms with van der Waals surface area (Å²) >= 11 is 1.52. The Bertz CT molecular complexity index is 1110. The number of nitrogens with zero attached hydrogens (tertiary/aromatic N) is 2. The SMILES string of the molecule is Cc1sc2nc(CCC(=O)N3CCCc4c(N)cccc43)[nH]c(=O)c2c1C.Cl. The highest BCUT2D eigenvalue weighted by atomic mass is 35.5. The molecule has 148 valence electrons. The number of benzene rings is 1. The molecular weight excluding hydrogens is 396 g/mol. The fourth-order valence-electron chi connectivity index (χ4n) is 3.69. The molecule has 3 N–H and O–H groups in total. The van der Waals surface area contributed by atoms with Crippen molar-refractivity contribution in [1.29, 1.82) is 0 Å². The minimum Gasteiger partial charge on any atom is -0.398 e. The third-order valence-corrected chi connectivity index (χ3v) is 6.35. The first-order valence-corrected chi connectivity index (χ1v) is 9.94. The first-order chi connectivity index (χ1) is 13.0. The van der Waals surface area contributed by atoms with Crippen LogP contribution < -0.4 is 16.2 Å². The largest absolute Gasteiger partial charge is 0.398 e. The fourth-order valence-corrected chi connectivity index (χ4v) is 4.74. The zero-order valence-electron chi connectivity index (χ0n) is 15.9. The van der Waals surface area contributed by atoms with E-state index in [1.165, 1.54) is 11.3 Å². The number of aromatic nitrogens is 2. The molecule has 0 unspecified atom stereocenters. The van der Waals surface area contributed by atoms with Crippen LogP contribution in [0.2, 0.25) is 0 Å². The Kier molecular flexibility index (Phi) is 5.76. The van der Waals surface area contributed by atoms with Gasteiger partial charge in [-0.1, -0.05) is 6.07 Å². The van der Waals surface area contributed by atoms with E-state index in [0.29, 0.717) is 30.6 Å². The van der Waals surface area contributed by atoms with Crippen molar-refractivity contribution in [3.05, 3.63) is 50.4 Å². The number of aryl methyl sites for hydroxylation is 3. The number of nitrogens with two attached hydrogens (primary N) is 1. The van der Waals surface area contributed by atoms with Gasteiger partial charge in [0.25, 0.3) is 5.56 Å². The monoisotopic (exact) mass is 418 g/mol. The van der Waals surface area contributed by atoms with Crippen LogP contribution in [0.4, 0.5) is 11.4 Å². The number of hydrogen-bond donors (Lipinski definition) is 2. The van der Waals surface area contributed by atoms with Gasteiger partial charge < -0.3 is 15.6 Å². The highest BCUT2D eigenvalue weighted by Crippen LogP contribution is 2.32. The van der Waals surface area contributed by atoms with Crippen LogP contribution in [0.3, 0.4) is 0 Å². The number of anilines is 2. The number of fused-ring (bicyclic) bond motifs is 2. The number of halogens is 1. The van der Waals surface area contributed by atoms with E-state index in [4.69, 9.17) is 5.73 Å². The molecule has 0 atom stereocenters. The maximum atomic E-state index is 12.8. The molecule has 1 amide bonds. The van der Waals surface area contributed by atoms with Crippen molar-refractivity contribution in [2.75, 3.05) is 17.2 Å². The average Bonchev–Trinajstić information content (AvgIpc) is 2.94. The molecule has 2 aromatic heterocycles. The minimum absolute atomic E-state index is 0. The molecule has 0 fully saturated rings. The molecule has 8 heteroatoms. The Morgan fingerprint density at radius 3 is 2.93 bits per heavy atom. The highest BCUT2D eigenvalue weighted by Gasteiger charge is 2.23. The van der Waals surface area contributed by atoms with E-state index in [-0.39, 0.29) is 23.9 Å². The first kappa shape index (κ1) is 20.4. The number of H-pyrrole nitrogens is 1. The van der Waals surface area contributed by atoms with Gasteiger partial charge in [-0.2, -0.15) is 0 Å². The minimum atomic E-state index is -0.125. The van der Waals surface area contributed by atoms with Gasteiger partial charge in [0, 0.05) is 35.6 Å². The van der Waals surface area contributed by atoms with Gasteiger partial charge in [-0.15, -0.1) is 23.7 Å². The maximum Gasteiger partial charge on any atom is 0.259 e. The molecule has 1 aliphatic rings. The standard InChI is InChI=1S/C20H22N4O2S.ClH/c1-11-12(2)27-20-18(11)19(26)22-16(23-20)8-9-17(25)24-10-4-5-13-14(21)6-3-7-15(13)24;/h3,6-7H,4-5,8-10,21H2,1-2H3,(H,22,23,26);1H. The number of rotatable bonds is 3. The molecule has 1 aliphatic heterocycles. The van der Waals surface area contributed by atoms with Gasteiger partial charge in [-0.25, -0.2) is 4.98 Å². The Balaban J connectivity index is 0.00000225. The molecule has 0 saturated carbocycles. The molecule has 0 aliphatic carbocycles. The van der Waals surface area contributed by atoms with Gasteiger partial charge in [0.1, 0.15) is 10.7 Å². The van der Waals surface area contributed by atoms with Crippen LogP contribution in [0.5, 0.6) is 0 Å². The van der Waals surface area contributed by atoms with E-state index < -0.39 is 0 Å². The molecule has 3 aromatic rings. The number of nitrogens with one attached hydrogen (secondary N) is 1. The van der Waals surface area contributed by atoms with Crippen LogP contribution in [0.1, 0.15) is 34.7 Å². The second-order valence-electron chi connectivity index (χ2n) is 6.97. The van der Waals surface area contributed by atoms with Crippen molar-refractivity contribution >= 4 is 51.2 Å². The molecule has 6 nitrogen and oxygen atoms in total. The molecule has 0 spiro atoms. The van der Waals surface area contributed by atoms with Crippen molar-refractivity contribution in [2.45, 2.75) is 39.5 Å². The van der Waals surface area contributed by atoms with Crippen molar-refractivity contribution in [2.24, 2.45) is 0 Å². The molecule has 1 aromatic carbocycles. The molecule has 3 heterocycles. The van der Waals surface area contributed by atoms with Crippen molar-refractivity contribution in [1.82, 2.24) is 9.97 Å². The Hall–Kier alpha value is -2.38. The molecule has 0 bridgehead atoms. The topological polar surface area (TPSA) is 92.1 Å². The summed E-state index contributed by atoms with van der Waals surface area (Å²) in [6.45, 7) is 4.62. The Morgan fingerprint density at radius 2 is 2.14 bits per heavy atom. The number of nitrogen functional groups attached to an aromatic ring is 1. The third kappa shape index (κ3) is 3.52. The lowest BCUT2D eigenvalue weighted by Gasteiger charge is -2.30. The summed E-state index contributed by atoms with van der Waals surface area (Å²) in [6, 6.07) is 5.71. The number of amides is 1. The maximum absolute atomic E-state index is 12.8. The average molecular weight is 419 g/mol. The van der Waals surface area contributed by atoms with Gasteiger partial charge in [0.15, 0.2) is 0 Å². The van der Waals surface area contributed by atoms with Crippen LogP contribution >= 0.6 is 23.7 Å². The Labute approximate surface area is 173 Å². The van der Waals surface area contributed by atoms with Crippen LogP contribution in [0.15, 0.2) is 23.0 Å². The lowest BCUT2D eigenvalue weighted by atomic mass is 9.99. The van der Waals surface area contributed by atoms with Gasteiger partial charge in [-0.05, 0) is 49.9 Å². The van der Waals surface area contributed by atoms with E-state index in [1.807, 2.05) is 36.9 Å². The lowest BCUT2D eigenvalue weighted by molar-refractivity contribution is -0.118. The van der Waals surface area contributed by atoms with Gasteiger partial charge >= 0.3 is 0 Å². The second-order valence-corrected chi connectivity index (χ2v) is 8.17.